The van der Waals surface area contributed by atoms with Crippen molar-refractivity contribution in [3.05, 3.63) is 0 Å². The zero-order valence-corrected chi connectivity index (χ0v) is 15.7. The second kappa shape index (κ2) is 9.41. The van der Waals surface area contributed by atoms with Crippen LogP contribution < -0.4 is 5.73 Å². The van der Waals surface area contributed by atoms with E-state index >= 15 is 0 Å². The quantitative estimate of drug-likeness (QED) is 0.617. The first-order valence-electron chi connectivity index (χ1n) is 10.3. The van der Waals surface area contributed by atoms with Gasteiger partial charge in [-0.25, -0.2) is 0 Å². The number of amides is 1. The van der Waals surface area contributed by atoms with Crippen molar-refractivity contribution in [2.45, 2.75) is 51.4 Å². The van der Waals surface area contributed by atoms with Crippen LogP contribution in [0, 0.1) is 5.92 Å². The molecule has 1 aliphatic carbocycles. The summed E-state index contributed by atoms with van der Waals surface area (Å²) < 4.78 is 0. The van der Waals surface area contributed by atoms with Gasteiger partial charge in [0.05, 0.1) is 6.54 Å². The largest absolute Gasteiger partial charge is 0.370 e. The Hall–Kier alpha value is -1.30. The summed E-state index contributed by atoms with van der Waals surface area (Å²) in [6.45, 7) is 7.50. The molecule has 0 unspecified atom stereocenters. The average Bonchev–Trinajstić information content (AvgIpc) is 3.04. The van der Waals surface area contributed by atoms with Gasteiger partial charge in [-0.15, -0.1) is 0 Å². The van der Waals surface area contributed by atoms with E-state index in [0.29, 0.717) is 11.8 Å². The minimum atomic E-state index is 0.310. The van der Waals surface area contributed by atoms with E-state index in [1.807, 2.05) is 0 Å². The van der Waals surface area contributed by atoms with E-state index in [4.69, 9.17) is 5.73 Å². The fraction of sp³-hybridized carbons (Fsp3) is 0.895. The normalized spacial score (nSPS) is 24.6. The predicted molar refractivity (Wildman–Crippen MR) is 102 cm³/mol. The summed E-state index contributed by atoms with van der Waals surface area (Å²) in [5.41, 5.74) is 6.17. The Bertz CT molecular complexity index is 445. The van der Waals surface area contributed by atoms with Crippen molar-refractivity contribution in [1.82, 2.24) is 14.7 Å². The fourth-order valence-electron chi connectivity index (χ4n) is 4.33. The van der Waals surface area contributed by atoms with Gasteiger partial charge >= 0.3 is 0 Å². The van der Waals surface area contributed by atoms with Crippen LogP contribution in [0.3, 0.4) is 0 Å². The smallest absolute Gasteiger partial charge is 0.225 e. The van der Waals surface area contributed by atoms with Gasteiger partial charge in [0.25, 0.3) is 0 Å². The maximum atomic E-state index is 12.5. The van der Waals surface area contributed by atoms with Crippen molar-refractivity contribution in [2.24, 2.45) is 16.6 Å². The van der Waals surface area contributed by atoms with Crippen molar-refractivity contribution in [1.29, 1.82) is 0 Å². The number of carbonyl (C=O) groups excluding carboxylic acids is 1. The number of piperazine rings is 1. The second-order valence-electron chi connectivity index (χ2n) is 7.79. The highest BCUT2D eigenvalue weighted by molar-refractivity contribution is 5.79. The number of hydrogen-bond acceptors (Lipinski definition) is 3. The molecule has 6 nitrogen and oxygen atoms in total. The van der Waals surface area contributed by atoms with Crippen molar-refractivity contribution < 1.29 is 4.79 Å². The minimum Gasteiger partial charge on any atom is -0.370 e. The lowest BCUT2D eigenvalue weighted by molar-refractivity contribution is -0.137. The van der Waals surface area contributed by atoms with Crippen LogP contribution in [0.1, 0.15) is 51.4 Å². The Kier molecular flexibility index (Phi) is 6.96. The molecule has 0 aromatic carbocycles. The van der Waals surface area contributed by atoms with Crippen molar-refractivity contribution in [3.63, 3.8) is 0 Å². The summed E-state index contributed by atoms with van der Waals surface area (Å²) in [5.74, 6) is 1.43. The van der Waals surface area contributed by atoms with Crippen molar-refractivity contribution in [2.75, 3.05) is 52.4 Å². The molecule has 3 aliphatic rings. The molecule has 2 N–H and O–H groups in total. The number of guanidine groups is 1. The van der Waals surface area contributed by atoms with Gasteiger partial charge in [-0.05, 0) is 25.7 Å². The molecule has 0 aromatic heterocycles. The lowest BCUT2D eigenvalue weighted by atomic mass is 10.1. The molecule has 0 bridgehead atoms. The van der Waals surface area contributed by atoms with E-state index in [2.05, 4.69) is 19.7 Å². The van der Waals surface area contributed by atoms with Gasteiger partial charge in [-0.1, -0.05) is 25.7 Å². The van der Waals surface area contributed by atoms with Crippen LogP contribution >= 0.6 is 0 Å². The third-order valence-corrected chi connectivity index (χ3v) is 6.01. The molecule has 1 saturated carbocycles. The molecule has 0 atom stereocenters. The highest BCUT2D eigenvalue weighted by Crippen LogP contribution is 2.26. The Labute approximate surface area is 152 Å². The van der Waals surface area contributed by atoms with Crippen LogP contribution in [0.25, 0.3) is 0 Å². The molecule has 2 saturated heterocycles. The first-order chi connectivity index (χ1) is 12.2. The van der Waals surface area contributed by atoms with Crippen LogP contribution in [-0.4, -0.2) is 78.9 Å². The van der Waals surface area contributed by atoms with Gasteiger partial charge in [0.2, 0.25) is 5.91 Å². The van der Waals surface area contributed by atoms with Gasteiger partial charge < -0.3 is 15.5 Å². The van der Waals surface area contributed by atoms with Crippen LogP contribution in [0.5, 0.6) is 0 Å². The minimum absolute atomic E-state index is 0.310. The summed E-state index contributed by atoms with van der Waals surface area (Å²) in [6, 6.07) is 0. The Morgan fingerprint density at radius 2 is 1.48 bits per heavy atom. The van der Waals surface area contributed by atoms with E-state index < -0.39 is 0 Å². The molecule has 0 radical (unpaired) electrons. The number of aliphatic imine (C=N–C) groups is 1. The van der Waals surface area contributed by atoms with Crippen molar-refractivity contribution in [3.8, 4) is 0 Å². The lowest BCUT2D eigenvalue weighted by Crippen LogP contribution is -2.50. The molecule has 2 aliphatic heterocycles. The molecular weight excluding hydrogens is 314 g/mol. The number of carbonyl (C=O) groups is 1. The number of nitrogens with two attached hydrogens (primary N) is 1. The lowest BCUT2D eigenvalue weighted by Gasteiger charge is -2.35. The zero-order valence-electron chi connectivity index (χ0n) is 15.7. The number of rotatable bonds is 4. The van der Waals surface area contributed by atoms with Crippen LogP contribution in [0.2, 0.25) is 0 Å². The zero-order chi connectivity index (χ0) is 17.5. The second-order valence-corrected chi connectivity index (χ2v) is 7.79. The molecule has 1 amide bonds. The number of nitrogens with zero attached hydrogens (tertiary/aromatic N) is 4. The summed E-state index contributed by atoms with van der Waals surface area (Å²) in [6.07, 6.45) is 9.74. The highest BCUT2D eigenvalue weighted by atomic mass is 16.2. The van der Waals surface area contributed by atoms with Crippen LogP contribution in [0.4, 0.5) is 0 Å². The molecule has 25 heavy (non-hydrogen) atoms. The summed E-state index contributed by atoms with van der Waals surface area (Å²) in [5, 5.41) is 0. The summed E-state index contributed by atoms with van der Waals surface area (Å²) in [7, 11) is 0. The third kappa shape index (κ3) is 5.33. The van der Waals surface area contributed by atoms with E-state index in [-0.39, 0.29) is 0 Å². The Balaban J connectivity index is 1.36. The molecule has 0 spiro atoms. The number of likely N-dealkylation sites (tertiary alicyclic amines) is 1. The van der Waals surface area contributed by atoms with Gasteiger partial charge in [0.1, 0.15) is 0 Å². The van der Waals surface area contributed by atoms with Gasteiger partial charge in [0.15, 0.2) is 5.96 Å². The summed E-state index contributed by atoms with van der Waals surface area (Å²) in [4.78, 5) is 23.8. The maximum absolute atomic E-state index is 12.5. The standard InChI is InChI=1S/C19H35N5O/c20-19(24-10-5-1-2-6-11-24)21-9-12-22-13-15-23(16-14-22)18(25)17-7-3-4-8-17/h17H,1-16H2,(H2,20,21). The molecule has 3 fully saturated rings. The first-order valence-corrected chi connectivity index (χ1v) is 10.3. The Morgan fingerprint density at radius 1 is 0.840 bits per heavy atom. The van der Waals surface area contributed by atoms with Crippen LogP contribution in [0.15, 0.2) is 4.99 Å². The van der Waals surface area contributed by atoms with E-state index in [0.717, 1.165) is 71.2 Å². The third-order valence-electron chi connectivity index (χ3n) is 6.01. The van der Waals surface area contributed by atoms with E-state index in [1.54, 1.807) is 0 Å². The first kappa shape index (κ1) is 18.5. The summed E-state index contributed by atoms with van der Waals surface area (Å²) >= 11 is 0. The predicted octanol–water partition coefficient (Wildman–Crippen LogP) is 1.51. The molecular formula is C19H35N5O. The van der Waals surface area contributed by atoms with E-state index in [1.165, 1.54) is 38.5 Å². The van der Waals surface area contributed by atoms with Gasteiger partial charge in [-0.2, -0.15) is 0 Å². The molecule has 2 heterocycles. The number of hydrogen-bond donors (Lipinski definition) is 1. The van der Waals surface area contributed by atoms with Gasteiger partial charge in [-0.3, -0.25) is 14.7 Å². The molecule has 6 heteroatoms. The highest BCUT2D eigenvalue weighted by Gasteiger charge is 2.29. The Morgan fingerprint density at radius 3 is 2.12 bits per heavy atom. The monoisotopic (exact) mass is 349 g/mol. The molecule has 142 valence electrons. The van der Waals surface area contributed by atoms with Gasteiger partial charge in [0, 0.05) is 51.7 Å². The maximum Gasteiger partial charge on any atom is 0.225 e. The fourth-order valence-corrected chi connectivity index (χ4v) is 4.33. The van der Waals surface area contributed by atoms with Crippen LogP contribution in [-0.2, 0) is 4.79 Å². The topological polar surface area (TPSA) is 65.2 Å². The SMILES string of the molecule is NC(=NCCN1CCN(C(=O)C2CCCC2)CC1)N1CCCCCC1. The average molecular weight is 350 g/mol. The van der Waals surface area contributed by atoms with Crippen molar-refractivity contribution >= 4 is 11.9 Å². The molecule has 3 rings (SSSR count). The van der Waals surface area contributed by atoms with E-state index in [9.17, 15) is 4.79 Å². The molecule has 0 aromatic rings.